The minimum atomic E-state index is -0.680. The van der Waals surface area contributed by atoms with Gasteiger partial charge in [0.05, 0.1) is 18.3 Å². The number of fused-ring (bicyclic) bond motifs is 1. The molecule has 4 aliphatic rings. The minimum absolute atomic E-state index is 0.0958. The van der Waals surface area contributed by atoms with E-state index >= 15 is 0 Å². The lowest BCUT2D eigenvalue weighted by molar-refractivity contribution is -0.125. The number of aliphatic hydroxyl groups is 1. The van der Waals surface area contributed by atoms with Gasteiger partial charge in [0.2, 0.25) is 0 Å². The molecule has 2 saturated heterocycles. The molecule has 0 bridgehead atoms. The third kappa shape index (κ3) is 4.88. The van der Waals surface area contributed by atoms with E-state index in [4.69, 9.17) is 9.47 Å². The van der Waals surface area contributed by atoms with Crippen LogP contribution in [0.25, 0.3) is 0 Å². The largest absolute Gasteiger partial charge is 0.496 e. The molecule has 2 fully saturated rings. The quantitative estimate of drug-likeness (QED) is 0.717. The zero-order valence-electron chi connectivity index (χ0n) is 20.0. The van der Waals surface area contributed by atoms with Crippen LogP contribution in [0.5, 0.6) is 0 Å². The highest BCUT2D eigenvalue weighted by Gasteiger charge is 2.41. The minimum Gasteiger partial charge on any atom is -0.496 e. The standard InChI is InChI=1S/C25H38N2O5/c1-17-19-16-31-15-18(19)13-20(28)22(17)21(29)14-26-9-5-25(6-10-26)7-11-27(12-8-25)23(30)32-24(2,3)4/h15,21-22,29H,5-14,16H2,1-4H3/t21-,22?/m0/s1. The molecule has 178 valence electrons. The third-order valence-corrected chi connectivity index (χ3v) is 7.72. The molecule has 1 N–H and O–H groups in total. The molecule has 7 heteroatoms. The maximum Gasteiger partial charge on any atom is 0.410 e. The van der Waals surface area contributed by atoms with Crippen molar-refractivity contribution in [1.82, 2.24) is 9.80 Å². The van der Waals surface area contributed by atoms with Crippen LogP contribution in [-0.4, -0.2) is 77.8 Å². The summed E-state index contributed by atoms with van der Waals surface area (Å²) in [6, 6.07) is 0. The number of amides is 1. The number of piperidine rings is 2. The molecule has 0 aromatic carbocycles. The van der Waals surface area contributed by atoms with Crippen LogP contribution in [0.2, 0.25) is 0 Å². The van der Waals surface area contributed by atoms with Gasteiger partial charge in [-0.2, -0.15) is 0 Å². The van der Waals surface area contributed by atoms with E-state index in [1.807, 2.05) is 32.6 Å². The number of carbonyl (C=O) groups excluding carboxylic acids is 2. The first-order chi connectivity index (χ1) is 15.1. The van der Waals surface area contributed by atoms with Crippen LogP contribution >= 0.6 is 0 Å². The zero-order chi connectivity index (χ0) is 23.1. The van der Waals surface area contributed by atoms with Crippen molar-refractivity contribution >= 4 is 11.9 Å². The summed E-state index contributed by atoms with van der Waals surface area (Å²) >= 11 is 0. The Balaban J connectivity index is 1.28. The fourth-order valence-electron chi connectivity index (χ4n) is 5.70. The predicted molar refractivity (Wildman–Crippen MR) is 121 cm³/mol. The second kappa shape index (κ2) is 8.82. The summed E-state index contributed by atoms with van der Waals surface area (Å²) in [6.07, 6.45) is 5.32. The molecule has 0 aromatic rings. The Hall–Kier alpha value is -1.86. The SMILES string of the molecule is CC1=C2COC=C2CC(=O)C1[C@@H](O)CN1CCC2(CC1)CCN(C(=O)OC(C)(C)C)CC2. The third-order valence-electron chi connectivity index (χ3n) is 7.72. The summed E-state index contributed by atoms with van der Waals surface area (Å²) < 4.78 is 10.9. The fraction of sp³-hybridized carbons (Fsp3) is 0.760. The maximum atomic E-state index is 12.7. The number of ether oxygens (including phenoxy) is 2. The summed E-state index contributed by atoms with van der Waals surface area (Å²) in [6.45, 7) is 12.1. The van der Waals surface area contributed by atoms with Crippen molar-refractivity contribution in [3.63, 3.8) is 0 Å². The van der Waals surface area contributed by atoms with Gasteiger partial charge in [-0.1, -0.05) is 5.57 Å². The van der Waals surface area contributed by atoms with Crippen LogP contribution in [0.3, 0.4) is 0 Å². The Morgan fingerprint density at radius 1 is 1.22 bits per heavy atom. The average molecular weight is 447 g/mol. The van der Waals surface area contributed by atoms with Crippen molar-refractivity contribution in [1.29, 1.82) is 0 Å². The van der Waals surface area contributed by atoms with Crippen molar-refractivity contribution in [3.05, 3.63) is 23.0 Å². The second-order valence-corrected chi connectivity index (χ2v) is 11.1. The van der Waals surface area contributed by atoms with E-state index in [0.717, 1.165) is 68.6 Å². The predicted octanol–water partition coefficient (Wildman–Crippen LogP) is 3.28. The second-order valence-electron chi connectivity index (χ2n) is 11.1. The number of Topliss-reactive ketones (excluding diaryl/α,β-unsaturated/α-hetero) is 1. The lowest BCUT2D eigenvalue weighted by atomic mass is 9.71. The maximum absolute atomic E-state index is 12.7. The number of hydrogen-bond donors (Lipinski definition) is 1. The molecule has 0 aromatic heterocycles. The van der Waals surface area contributed by atoms with E-state index in [1.165, 1.54) is 0 Å². The van der Waals surface area contributed by atoms with E-state index in [-0.39, 0.29) is 17.3 Å². The first-order valence-corrected chi connectivity index (χ1v) is 12.0. The molecule has 1 spiro atoms. The molecule has 1 amide bonds. The molecule has 0 saturated carbocycles. The van der Waals surface area contributed by atoms with Gasteiger partial charge in [0, 0.05) is 31.6 Å². The van der Waals surface area contributed by atoms with E-state index in [0.29, 0.717) is 19.6 Å². The van der Waals surface area contributed by atoms with Crippen LogP contribution < -0.4 is 0 Å². The van der Waals surface area contributed by atoms with Crippen LogP contribution in [0.4, 0.5) is 4.79 Å². The van der Waals surface area contributed by atoms with Crippen molar-refractivity contribution in [2.24, 2.45) is 11.3 Å². The summed E-state index contributed by atoms with van der Waals surface area (Å²) in [4.78, 5) is 29.2. The number of rotatable bonds is 3. The van der Waals surface area contributed by atoms with Gasteiger partial charge in [-0.15, -0.1) is 0 Å². The molecule has 0 radical (unpaired) electrons. The Morgan fingerprint density at radius 2 is 1.84 bits per heavy atom. The van der Waals surface area contributed by atoms with E-state index < -0.39 is 17.6 Å². The van der Waals surface area contributed by atoms with Crippen LogP contribution in [-0.2, 0) is 14.3 Å². The highest BCUT2D eigenvalue weighted by Crippen LogP contribution is 2.42. The molecular weight excluding hydrogens is 408 g/mol. The lowest BCUT2D eigenvalue weighted by Gasteiger charge is -2.47. The number of carbonyl (C=O) groups is 2. The molecule has 3 heterocycles. The first-order valence-electron chi connectivity index (χ1n) is 12.0. The topological polar surface area (TPSA) is 79.3 Å². The lowest BCUT2D eigenvalue weighted by Crippen LogP contribution is -2.51. The number of hydrogen-bond acceptors (Lipinski definition) is 6. The number of likely N-dealkylation sites (tertiary alicyclic amines) is 2. The van der Waals surface area contributed by atoms with Crippen molar-refractivity contribution in [2.75, 3.05) is 39.3 Å². The Bertz CT molecular complexity index is 807. The molecule has 4 rings (SSSR count). The molecule has 1 unspecified atom stereocenters. The van der Waals surface area contributed by atoms with Gasteiger partial charge in [0.25, 0.3) is 0 Å². The van der Waals surface area contributed by atoms with Gasteiger partial charge >= 0.3 is 6.09 Å². The number of β-amino-alcohol motifs (C(OH)–C–C–N with tert-alkyl or cyclic N) is 1. The summed E-state index contributed by atoms with van der Waals surface area (Å²) in [5.41, 5.74) is 2.87. The van der Waals surface area contributed by atoms with E-state index in [1.54, 1.807) is 6.26 Å². The Labute approximate surface area is 191 Å². The van der Waals surface area contributed by atoms with Crippen LogP contribution in [0.1, 0.15) is 59.8 Å². The van der Waals surface area contributed by atoms with E-state index in [2.05, 4.69) is 4.90 Å². The van der Waals surface area contributed by atoms with Gasteiger partial charge in [0.1, 0.15) is 18.0 Å². The van der Waals surface area contributed by atoms with Crippen LogP contribution in [0, 0.1) is 11.3 Å². The molecule has 1 aliphatic carbocycles. The van der Waals surface area contributed by atoms with Gasteiger partial charge < -0.3 is 24.4 Å². The fourth-order valence-corrected chi connectivity index (χ4v) is 5.70. The normalized spacial score (nSPS) is 27.2. The van der Waals surface area contributed by atoms with E-state index in [9.17, 15) is 14.7 Å². The summed E-state index contributed by atoms with van der Waals surface area (Å²) in [5, 5.41) is 11.0. The van der Waals surface area contributed by atoms with Crippen molar-refractivity contribution in [2.45, 2.75) is 71.5 Å². The smallest absolute Gasteiger partial charge is 0.410 e. The average Bonchev–Trinajstić information content (AvgIpc) is 3.18. The molecule has 3 aliphatic heterocycles. The zero-order valence-corrected chi connectivity index (χ0v) is 20.0. The highest BCUT2D eigenvalue weighted by molar-refractivity contribution is 5.90. The Morgan fingerprint density at radius 3 is 2.47 bits per heavy atom. The van der Waals surface area contributed by atoms with Crippen molar-refractivity contribution < 1.29 is 24.2 Å². The molecule has 7 nitrogen and oxygen atoms in total. The van der Waals surface area contributed by atoms with Crippen LogP contribution in [0.15, 0.2) is 23.0 Å². The summed E-state index contributed by atoms with van der Waals surface area (Å²) in [7, 11) is 0. The van der Waals surface area contributed by atoms with Crippen molar-refractivity contribution in [3.8, 4) is 0 Å². The molecule has 2 atom stereocenters. The monoisotopic (exact) mass is 446 g/mol. The Kier molecular flexibility index (Phi) is 6.43. The molecule has 32 heavy (non-hydrogen) atoms. The number of nitrogens with zero attached hydrogens (tertiary/aromatic N) is 2. The number of ketones is 1. The van der Waals surface area contributed by atoms with Gasteiger partial charge in [-0.25, -0.2) is 4.79 Å². The van der Waals surface area contributed by atoms with Gasteiger partial charge in [0.15, 0.2) is 0 Å². The molecular formula is C25H38N2O5. The number of aliphatic hydroxyl groups excluding tert-OH is 1. The first kappa shape index (κ1) is 23.3. The summed E-state index contributed by atoms with van der Waals surface area (Å²) in [5.74, 6) is -0.324. The van der Waals surface area contributed by atoms with Gasteiger partial charge in [-0.3, -0.25) is 4.79 Å². The highest BCUT2D eigenvalue weighted by atomic mass is 16.6. The van der Waals surface area contributed by atoms with Gasteiger partial charge in [-0.05, 0) is 77.5 Å².